The number of carboxylic acids is 1. The first-order chi connectivity index (χ1) is 10.1. The third-order valence-corrected chi connectivity index (χ3v) is 3.99. The molecule has 3 rings (SSSR count). The lowest BCUT2D eigenvalue weighted by molar-refractivity contribution is 0.0699. The molecule has 0 saturated heterocycles. The molecule has 0 aliphatic carbocycles. The van der Waals surface area contributed by atoms with E-state index in [1.807, 2.05) is 49.4 Å². The zero-order chi connectivity index (χ0) is 15.0. The van der Waals surface area contributed by atoms with Gasteiger partial charge in [-0.2, -0.15) is 0 Å². The molecule has 3 nitrogen and oxygen atoms in total. The average molecular weight is 342 g/mol. The summed E-state index contributed by atoms with van der Waals surface area (Å²) in [6.45, 7) is 2.00. The number of halogens is 1. The normalized spacial score (nSPS) is 10.8. The molecular formula is C17H12BrNO2. The molecule has 0 amide bonds. The van der Waals surface area contributed by atoms with Crippen molar-refractivity contribution in [3.8, 4) is 11.3 Å². The van der Waals surface area contributed by atoms with Gasteiger partial charge in [0, 0.05) is 15.4 Å². The summed E-state index contributed by atoms with van der Waals surface area (Å²) >= 11 is 3.41. The predicted molar refractivity (Wildman–Crippen MR) is 86.6 cm³/mol. The van der Waals surface area contributed by atoms with E-state index in [1.165, 1.54) is 0 Å². The molecule has 0 unspecified atom stereocenters. The van der Waals surface area contributed by atoms with Crippen LogP contribution >= 0.6 is 15.9 Å². The lowest BCUT2D eigenvalue weighted by Crippen LogP contribution is -2.01. The SMILES string of the molecule is Cc1cccc(-c2cc(C(=O)O)c3c(Br)cccc3n2)c1. The number of carboxylic acid groups (broad SMARTS) is 1. The van der Waals surface area contributed by atoms with E-state index in [-0.39, 0.29) is 5.56 Å². The van der Waals surface area contributed by atoms with E-state index in [4.69, 9.17) is 0 Å². The molecular weight excluding hydrogens is 330 g/mol. The van der Waals surface area contributed by atoms with Crippen LogP contribution in [0.4, 0.5) is 0 Å². The zero-order valence-corrected chi connectivity index (χ0v) is 12.9. The van der Waals surface area contributed by atoms with Crippen LogP contribution in [0.5, 0.6) is 0 Å². The highest BCUT2D eigenvalue weighted by Crippen LogP contribution is 2.30. The van der Waals surface area contributed by atoms with Crippen LogP contribution in [0.1, 0.15) is 15.9 Å². The number of hydrogen-bond donors (Lipinski definition) is 1. The van der Waals surface area contributed by atoms with Crippen LogP contribution in [0.2, 0.25) is 0 Å². The summed E-state index contributed by atoms with van der Waals surface area (Å²) in [7, 11) is 0. The van der Waals surface area contributed by atoms with E-state index in [1.54, 1.807) is 6.07 Å². The van der Waals surface area contributed by atoms with E-state index in [9.17, 15) is 9.90 Å². The van der Waals surface area contributed by atoms with Gasteiger partial charge in [-0.3, -0.25) is 0 Å². The molecule has 0 bridgehead atoms. The summed E-state index contributed by atoms with van der Waals surface area (Å²) in [4.78, 5) is 16.2. The van der Waals surface area contributed by atoms with Crippen molar-refractivity contribution < 1.29 is 9.90 Å². The van der Waals surface area contributed by atoms with Crippen LogP contribution in [-0.2, 0) is 0 Å². The fourth-order valence-corrected chi connectivity index (χ4v) is 2.93. The number of nitrogens with zero attached hydrogens (tertiary/aromatic N) is 1. The number of carbonyl (C=O) groups is 1. The average Bonchev–Trinajstić information content (AvgIpc) is 2.46. The maximum Gasteiger partial charge on any atom is 0.336 e. The number of fused-ring (bicyclic) bond motifs is 1. The Morgan fingerprint density at radius 1 is 1.14 bits per heavy atom. The molecule has 0 fully saturated rings. The Bertz CT molecular complexity index is 859. The predicted octanol–water partition coefficient (Wildman–Crippen LogP) is 4.67. The number of aromatic nitrogens is 1. The topological polar surface area (TPSA) is 50.2 Å². The summed E-state index contributed by atoms with van der Waals surface area (Å²) in [6.07, 6.45) is 0. The van der Waals surface area contributed by atoms with Gasteiger partial charge in [0.2, 0.25) is 0 Å². The molecule has 2 aromatic carbocycles. The van der Waals surface area contributed by atoms with Gasteiger partial charge in [-0.1, -0.05) is 45.8 Å². The van der Waals surface area contributed by atoms with E-state index in [0.717, 1.165) is 15.6 Å². The molecule has 4 heteroatoms. The number of benzene rings is 2. The molecule has 0 aliphatic heterocycles. The van der Waals surface area contributed by atoms with Gasteiger partial charge in [-0.05, 0) is 31.2 Å². The van der Waals surface area contributed by atoms with Crippen LogP contribution in [0, 0.1) is 6.92 Å². The van der Waals surface area contributed by atoms with E-state index in [2.05, 4.69) is 20.9 Å². The van der Waals surface area contributed by atoms with E-state index >= 15 is 0 Å². The summed E-state index contributed by atoms with van der Waals surface area (Å²) < 4.78 is 0.737. The minimum Gasteiger partial charge on any atom is -0.478 e. The Morgan fingerprint density at radius 3 is 2.62 bits per heavy atom. The van der Waals surface area contributed by atoms with Gasteiger partial charge < -0.3 is 5.11 Å². The first kappa shape index (κ1) is 13.8. The van der Waals surface area contributed by atoms with Gasteiger partial charge >= 0.3 is 5.97 Å². The first-order valence-corrected chi connectivity index (χ1v) is 7.25. The summed E-state index contributed by atoms with van der Waals surface area (Å²) in [5.74, 6) is -0.955. The Morgan fingerprint density at radius 2 is 1.90 bits per heavy atom. The molecule has 1 heterocycles. The molecule has 1 N–H and O–H groups in total. The maximum absolute atomic E-state index is 11.6. The highest BCUT2D eigenvalue weighted by atomic mass is 79.9. The Hall–Kier alpha value is -2.20. The fraction of sp³-hybridized carbons (Fsp3) is 0.0588. The minimum atomic E-state index is -0.955. The van der Waals surface area contributed by atoms with Gasteiger partial charge in [0.05, 0.1) is 16.8 Å². The minimum absolute atomic E-state index is 0.254. The number of hydrogen-bond acceptors (Lipinski definition) is 2. The summed E-state index contributed by atoms with van der Waals surface area (Å²) in [5, 5.41) is 10.1. The molecule has 104 valence electrons. The molecule has 21 heavy (non-hydrogen) atoms. The van der Waals surface area contributed by atoms with Crippen molar-refractivity contribution in [3.05, 3.63) is 64.1 Å². The zero-order valence-electron chi connectivity index (χ0n) is 11.3. The fourth-order valence-electron chi connectivity index (χ4n) is 2.36. The lowest BCUT2D eigenvalue weighted by atomic mass is 10.0. The second-order valence-corrected chi connectivity index (χ2v) is 5.72. The van der Waals surface area contributed by atoms with Crippen LogP contribution in [-0.4, -0.2) is 16.1 Å². The second kappa shape index (κ2) is 5.30. The monoisotopic (exact) mass is 341 g/mol. The molecule has 0 atom stereocenters. The van der Waals surface area contributed by atoms with Gasteiger partial charge in [0.25, 0.3) is 0 Å². The Balaban J connectivity index is 2.34. The van der Waals surface area contributed by atoms with Gasteiger partial charge in [-0.25, -0.2) is 9.78 Å². The van der Waals surface area contributed by atoms with Crippen molar-refractivity contribution in [2.45, 2.75) is 6.92 Å². The second-order valence-electron chi connectivity index (χ2n) is 4.86. The van der Waals surface area contributed by atoms with Crippen molar-refractivity contribution >= 4 is 32.8 Å². The van der Waals surface area contributed by atoms with Crippen LogP contribution < -0.4 is 0 Å². The summed E-state index contributed by atoms with van der Waals surface area (Å²) in [5.41, 5.74) is 3.62. The first-order valence-electron chi connectivity index (χ1n) is 6.46. The largest absolute Gasteiger partial charge is 0.478 e. The maximum atomic E-state index is 11.6. The molecule has 0 saturated carbocycles. The number of aromatic carboxylic acids is 1. The van der Waals surface area contributed by atoms with Crippen molar-refractivity contribution in [1.29, 1.82) is 0 Å². The standard InChI is InChI=1S/C17H12BrNO2/c1-10-4-2-5-11(8-10)15-9-12(17(20)21)16-13(18)6-3-7-14(16)19-15/h2-9H,1H3,(H,20,21). The third-order valence-electron chi connectivity index (χ3n) is 3.33. The van der Waals surface area contributed by atoms with Crippen molar-refractivity contribution in [3.63, 3.8) is 0 Å². The highest BCUT2D eigenvalue weighted by Gasteiger charge is 2.15. The van der Waals surface area contributed by atoms with Gasteiger partial charge in [-0.15, -0.1) is 0 Å². The molecule has 3 aromatic rings. The Labute approximate surface area is 130 Å². The Kier molecular flexibility index (Phi) is 3.47. The summed E-state index contributed by atoms with van der Waals surface area (Å²) in [6, 6.07) is 15.0. The van der Waals surface area contributed by atoms with Crippen molar-refractivity contribution in [1.82, 2.24) is 4.98 Å². The van der Waals surface area contributed by atoms with E-state index in [0.29, 0.717) is 16.6 Å². The van der Waals surface area contributed by atoms with Gasteiger partial charge in [0.15, 0.2) is 0 Å². The lowest BCUT2D eigenvalue weighted by Gasteiger charge is -2.09. The van der Waals surface area contributed by atoms with E-state index < -0.39 is 5.97 Å². The number of aryl methyl sites for hydroxylation is 1. The van der Waals surface area contributed by atoms with Crippen LogP contribution in [0.15, 0.2) is 53.0 Å². The number of pyridine rings is 1. The number of rotatable bonds is 2. The quantitative estimate of drug-likeness (QED) is 0.736. The highest BCUT2D eigenvalue weighted by molar-refractivity contribution is 9.10. The van der Waals surface area contributed by atoms with Gasteiger partial charge in [0.1, 0.15) is 0 Å². The third kappa shape index (κ3) is 2.54. The molecule has 1 aromatic heterocycles. The molecule has 0 spiro atoms. The smallest absolute Gasteiger partial charge is 0.336 e. The van der Waals surface area contributed by atoms with Crippen LogP contribution in [0.3, 0.4) is 0 Å². The molecule has 0 radical (unpaired) electrons. The van der Waals surface area contributed by atoms with Crippen molar-refractivity contribution in [2.75, 3.05) is 0 Å². The molecule has 0 aliphatic rings. The van der Waals surface area contributed by atoms with Crippen LogP contribution in [0.25, 0.3) is 22.2 Å². The van der Waals surface area contributed by atoms with Crippen molar-refractivity contribution in [2.24, 2.45) is 0 Å².